The summed E-state index contributed by atoms with van der Waals surface area (Å²) in [7, 11) is 0. The maximum absolute atomic E-state index is 4.85. The van der Waals surface area contributed by atoms with Crippen LogP contribution in [0.15, 0.2) is 65.9 Å². The maximum Gasteiger partial charge on any atom is 0.0814 e. The van der Waals surface area contributed by atoms with Crippen molar-refractivity contribution in [3.05, 3.63) is 72.1 Å². The van der Waals surface area contributed by atoms with E-state index >= 15 is 0 Å². The molecule has 1 aliphatic rings. The SMILES string of the molecule is CC1(C)N=C(c2ccccc2)C=C1c1ccncc1. The van der Waals surface area contributed by atoms with Gasteiger partial charge in [0, 0.05) is 12.4 Å². The molecule has 2 nitrogen and oxygen atoms in total. The first kappa shape index (κ1) is 11.8. The van der Waals surface area contributed by atoms with E-state index in [1.54, 1.807) is 0 Å². The summed E-state index contributed by atoms with van der Waals surface area (Å²) in [6, 6.07) is 14.4. The number of benzene rings is 1. The Kier molecular flexibility index (Phi) is 2.79. The first-order chi connectivity index (χ1) is 9.17. The number of nitrogens with zero attached hydrogens (tertiary/aromatic N) is 2. The van der Waals surface area contributed by atoms with Gasteiger partial charge in [0.25, 0.3) is 0 Å². The van der Waals surface area contributed by atoms with Crippen molar-refractivity contribution in [1.82, 2.24) is 4.98 Å². The Labute approximate surface area is 113 Å². The average molecular weight is 248 g/mol. The zero-order valence-corrected chi connectivity index (χ0v) is 11.2. The molecular formula is C17H16N2. The largest absolute Gasteiger partial charge is 0.274 e. The van der Waals surface area contributed by atoms with E-state index in [1.165, 1.54) is 16.7 Å². The summed E-state index contributed by atoms with van der Waals surface area (Å²) in [5.74, 6) is 0. The van der Waals surface area contributed by atoms with Crippen molar-refractivity contribution < 1.29 is 0 Å². The Morgan fingerprint density at radius 3 is 2.21 bits per heavy atom. The molecule has 0 aliphatic carbocycles. The standard InChI is InChI=1S/C17H16N2/c1-17(2)15(13-8-10-18-11-9-13)12-16(19-17)14-6-4-3-5-7-14/h3-12H,1-2H3. The first-order valence-corrected chi connectivity index (χ1v) is 6.45. The molecule has 0 amide bonds. The van der Waals surface area contributed by atoms with Crippen LogP contribution in [0.25, 0.3) is 5.57 Å². The summed E-state index contributed by atoms with van der Waals surface area (Å²) < 4.78 is 0. The van der Waals surface area contributed by atoms with E-state index in [1.807, 2.05) is 42.7 Å². The monoisotopic (exact) mass is 248 g/mol. The summed E-state index contributed by atoms with van der Waals surface area (Å²) in [6.45, 7) is 4.30. The van der Waals surface area contributed by atoms with Crippen molar-refractivity contribution in [3.8, 4) is 0 Å². The second-order valence-electron chi connectivity index (χ2n) is 5.22. The predicted molar refractivity (Wildman–Crippen MR) is 79.3 cm³/mol. The fraction of sp³-hybridized carbons (Fsp3) is 0.176. The van der Waals surface area contributed by atoms with Gasteiger partial charge in [0.15, 0.2) is 0 Å². The summed E-state index contributed by atoms with van der Waals surface area (Å²) >= 11 is 0. The van der Waals surface area contributed by atoms with Crippen LogP contribution in [0.2, 0.25) is 0 Å². The van der Waals surface area contributed by atoms with Crippen LogP contribution in [0, 0.1) is 0 Å². The van der Waals surface area contributed by atoms with Crippen LogP contribution in [0.3, 0.4) is 0 Å². The van der Waals surface area contributed by atoms with E-state index in [2.05, 4.69) is 37.0 Å². The second kappa shape index (κ2) is 4.47. The molecule has 0 N–H and O–H groups in total. The molecule has 94 valence electrons. The zero-order valence-electron chi connectivity index (χ0n) is 11.2. The molecule has 0 unspecified atom stereocenters. The highest BCUT2D eigenvalue weighted by Gasteiger charge is 2.29. The topological polar surface area (TPSA) is 25.2 Å². The Bertz CT molecular complexity index is 637. The van der Waals surface area contributed by atoms with Gasteiger partial charge in [-0.15, -0.1) is 0 Å². The molecule has 19 heavy (non-hydrogen) atoms. The van der Waals surface area contributed by atoms with E-state index in [9.17, 15) is 0 Å². The number of allylic oxidation sites excluding steroid dienone is 1. The van der Waals surface area contributed by atoms with Crippen molar-refractivity contribution in [2.45, 2.75) is 19.4 Å². The molecule has 2 heterocycles. The molecule has 3 rings (SSSR count). The second-order valence-corrected chi connectivity index (χ2v) is 5.22. The summed E-state index contributed by atoms with van der Waals surface area (Å²) in [5, 5.41) is 0. The fourth-order valence-electron chi connectivity index (χ4n) is 2.43. The molecule has 2 aromatic rings. The zero-order chi connectivity index (χ0) is 13.3. The minimum Gasteiger partial charge on any atom is -0.274 e. The molecule has 0 fully saturated rings. The molecule has 2 heteroatoms. The van der Waals surface area contributed by atoms with E-state index in [-0.39, 0.29) is 5.54 Å². The first-order valence-electron chi connectivity index (χ1n) is 6.45. The van der Waals surface area contributed by atoms with E-state index in [4.69, 9.17) is 4.99 Å². The predicted octanol–water partition coefficient (Wildman–Crippen LogP) is 3.75. The highest BCUT2D eigenvalue weighted by atomic mass is 14.9. The van der Waals surface area contributed by atoms with Crippen LogP contribution in [0.4, 0.5) is 0 Å². The number of pyridine rings is 1. The van der Waals surface area contributed by atoms with Gasteiger partial charge in [-0.25, -0.2) is 0 Å². The van der Waals surface area contributed by atoms with Crippen molar-refractivity contribution in [2.75, 3.05) is 0 Å². The van der Waals surface area contributed by atoms with Gasteiger partial charge in [0.1, 0.15) is 0 Å². The smallest absolute Gasteiger partial charge is 0.0814 e. The maximum atomic E-state index is 4.85. The molecule has 0 saturated heterocycles. The summed E-state index contributed by atoms with van der Waals surface area (Å²) in [4.78, 5) is 8.93. The average Bonchev–Trinajstić information content (AvgIpc) is 2.77. The van der Waals surface area contributed by atoms with Crippen LogP contribution >= 0.6 is 0 Å². The van der Waals surface area contributed by atoms with Crippen molar-refractivity contribution in [3.63, 3.8) is 0 Å². The number of aliphatic imine (C=N–C) groups is 1. The highest BCUT2D eigenvalue weighted by Crippen LogP contribution is 2.35. The molecule has 0 spiro atoms. The quantitative estimate of drug-likeness (QED) is 0.794. The van der Waals surface area contributed by atoms with Gasteiger partial charge in [-0.2, -0.15) is 0 Å². The lowest BCUT2D eigenvalue weighted by molar-refractivity contribution is 0.689. The number of rotatable bonds is 2. The van der Waals surface area contributed by atoms with Crippen molar-refractivity contribution in [1.29, 1.82) is 0 Å². The minimum atomic E-state index is -0.188. The summed E-state index contributed by atoms with van der Waals surface area (Å²) in [5.41, 5.74) is 4.47. The third kappa shape index (κ3) is 2.22. The van der Waals surface area contributed by atoms with Crippen molar-refractivity contribution >= 4 is 11.3 Å². The normalized spacial score (nSPS) is 16.9. The van der Waals surface area contributed by atoms with E-state index < -0.39 is 0 Å². The van der Waals surface area contributed by atoms with E-state index in [0.717, 1.165) is 5.71 Å². The lowest BCUT2D eigenvalue weighted by atomic mass is 9.90. The van der Waals surface area contributed by atoms with Crippen LogP contribution in [-0.4, -0.2) is 16.2 Å². The molecule has 0 bridgehead atoms. The minimum absolute atomic E-state index is 0.188. The molecular weight excluding hydrogens is 232 g/mol. The van der Waals surface area contributed by atoms with Crippen molar-refractivity contribution in [2.24, 2.45) is 4.99 Å². The van der Waals surface area contributed by atoms with E-state index in [0.29, 0.717) is 0 Å². The van der Waals surface area contributed by atoms with Gasteiger partial charge >= 0.3 is 0 Å². The number of hydrogen-bond donors (Lipinski definition) is 0. The third-order valence-electron chi connectivity index (χ3n) is 3.40. The van der Waals surface area contributed by atoms with Gasteiger partial charge in [-0.05, 0) is 48.8 Å². The Hall–Kier alpha value is -2.22. The third-order valence-corrected chi connectivity index (χ3v) is 3.40. The van der Waals surface area contributed by atoms with Gasteiger partial charge in [-0.3, -0.25) is 9.98 Å². The Morgan fingerprint density at radius 2 is 1.53 bits per heavy atom. The molecule has 1 aliphatic heterocycles. The fourth-order valence-corrected chi connectivity index (χ4v) is 2.43. The molecule has 1 aromatic carbocycles. The van der Waals surface area contributed by atoms with Gasteiger partial charge < -0.3 is 0 Å². The van der Waals surface area contributed by atoms with Crippen LogP contribution in [-0.2, 0) is 0 Å². The van der Waals surface area contributed by atoms with Crippen LogP contribution in [0.5, 0.6) is 0 Å². The van der Waals surface area contributed by atoms with Crippen LogP contribution < -0.4 is 0 Å². The molecule has 1 aromatic heterocycles. The van der Waals surface area contributed by atoms with Crippen LogP contribution in [0.1, 0.15) is 25.0 Å². The lowest BCUT2D eigenvalue weighted by Gasteiger charge is -2.19. The van der Waals surface area contributed by atoms with Gasteiger partial charge in [0.05, 0.1) is 11.3 Å². The lowest BCUT2D eigenvalue weighted by Crippen LogP contribution is -2.16. The molecule has 0 saturated carbocycles. The van der Waals surface area contributed by atoms with Gasteiger partial charge in [0.2, 0.25) is 0 Å². The molecule has 0 radical (unpaired) electrons. The summed E-state index contributed by atoms with van der Waals surface area (Å²) in [6.07, 6.45) is 5.84. The number of aromatic nitrogens is 1. The number of hydrogen-bond acceptors (Lipinski definition) is 2. The Balaban J connectivity index is 2.05. The Morgan fingerprint density at radius 1 is 0.842 bits per heavy atom. The highest BCUT2D eigenvalue weighted by molar-refractivity contribution is 6.16. The van der Waals surface area contributed by atoms with Gasteiger partial charge in [-0.1, -0.05) is 30.3 Å². The molecule has 0 atom stereocenters.